The SMILES string of the molecule is N#Cc1nnn(-c2cccc(Cl)c2)c1CCc1ccccc1. The van der Waals surface area contributed by atoms with Crippen LogP contribution >= 0.6 is 11.6 Å². The van der Waals surface area contributed by atoms with E-state index in [1.807, 2.05) is 36.4 Å². The van der Waals surface area contributed by atoms with Crippen molar-refractivity contribution in [3.05, 3.63) is 76.6 Å². The van der Waals surface area contributed by atoms with Gasteiger partial charge in [0.05, 0.1) is 11.4 Å². The highest BCUT2D eigenvalue weighted by Gasteiger charge is 2.14. The van der Waals surface area contributed by atoms with Crippen LogP contribution in [0.15, 0.2) is 54.6 Å². The van der Waals surface area contributed by atoms with Crippen LogP contribution in [0.5, 0.6) is 0 Å². The van der Waals surface area contributed by atoms with Gasteiger partial charge in [0.15, 0.2) is 5.69 Å². The number of nitriles is 1. The van der Waals surface area contributed by atoms with E-state index in [1.165, 1.54) is 5.56 Å². The van der Waals surface area contributed by atoms with Gasteiger partial charge in [0.1, 0.15) is 6.07 Å². The molecule has 4 nitrogen and oxygen atoms in total. The van der Waals surface area contributed by atoms with E-state index in [1.54, 1.807) is 10.7 Å². The Morgan fingerprint density at radius 3 is 2.59 bits per heavy atom. The van der Waals surface area contributed by atoms with Crippen molar-refractivity contribution in [3.8, 4) is 11.8 Å². The van der Waals surface area contributed by atoms with E-state index in [-0.39, 0.29) is 0 Å². The molecule has 0 aliphatic carbocycles. The minimum absolute atomic E-state index is 0.357. The number of rotatable bonds is 4. The first kappa shape index (κ1) is 14.3. The Morgan fingerprint density at radius 2 is 1.86 bits per heavy atom. The lowest BCUT2D eigenvalue weighted by Crippen LogP contribution is -2.05. The van der Waals surface area contributed by atoms with Crippen molar-refractivity contribution in [2.24, 2.45) is 0 Å². The first-order chi connectivity index (χ1) is 10.8. The maximum Gasteiger partial charge on any atom is 0.186 e. The molecule has 0 saturated heterocycles. The Hall–Kier alpha value is -2.64. The third-order valence-electron chi connectivity index (χ3n) is 3.42. The Labute approximate surface area is 133 Å². The van der Waals surface area contributed by atoms with Crippen LogP contribution in [-0.4, -0.2) is 15.0 Å². The number of halogens is 1. The lowest BCUT2D eigenvalue weighted by atomic mass is 10.1. The van der Waals surface area contributed by atoms with Crippen molar-refractivity contribution < 1.29 is 0 Å². The number of aryl methyl sites for hydroxylation is 1. The van der Waals surface area contributed by atoms with Crippen LogP contribution in [0.3, 0.4) is 0 Å². The quantitative estimate of drug-likeness (QED) is 0.740. The molecule has 5 heteroatoms. The van der Waals surface area contributed by atoms with Crippen LogP contribution in [0.2, 0.25) is 5.02 Å². The largest absolute Gasteiger partial charge is 0.216 e. The summed E-state index contributed by atoms with van der Waals surface area (Å²) in [5.74, 6) is 0. The molecule has 0 N–H and O–H groups in total. The van der Waals surface area contributed by atoms with Gasteiger partial charge in [0.25, 0.3) is 0 Å². The highest BCUT2D eigenvalue weighted by atomic mass is 35.5. The van der Waals surface area contributed by atoms with Crippen LogP contribution in [-0.2, 0) is 12.8 Å². The van der Waals surface area contributed by atoms with Crippen molar-refractivity contribution >= 4 is 11.6 Å². The summed E-state index contributed by atoms with van der Waals surface area (Å²) in [5, 5.41) is 17.9. The molecule has 0 unspecified atom stereocenters. The van der Waals surface area contributed by atoms with Crippen LogP contribution < -0.4 is 0 Å². The Bertz CT molecular complexity index is 818. The van der Waals surface area contributed by atoms with Crippen molar-refractivity contribution in [1.82, 2.24) is 15.0 Å². The first-order valence-corrected chi connectivity index (χ1v) is 7.30. The molecule has 0 saturated carbocycles. The number of nitrogens with zero attached hydrogens (tertiary/aromatic N) is 4. The summed E-state index contributed by atoms with van der Waals surface area (Å²) in [6.45, 7) is 0. The third-order valence-corrected chi connectivity index (χ3v) is 3.65. The van der Waals surface area contributed by atoms with Gasteiger partial charge >= 0.3 is 0 Å². The predicted octanol–water partition coefficient (Wildman–Crippen LogP) is 3.58. The molecule has 0 amide bonds. The molecule has 22 heavy (non-hydrogen) atoms. The highest BCUT2D eigenvalue weighted by molar-refractivity contribution is 6.30. The standard InChI is InChI=1S/C17H13ClN4/c18-14-7-4-8-15(11-14)22-17(16(12-19)20-21-22)10-9-13-5-2-1-3-6-13/h1-8,11H,9-10H2. The summed E-state index contributed by atoms with van der Waals surface area (Å²) < 4.78 is 1.69. The second-order valence-electron chi connectivity index (χ2n) is 4.87. The van der Waals surface area contributed by atoms with Crippen molar-refractivity contribution in [2.45, 2.75) is 12.8 Å². The number of hydrogen-bond acceptors (Lipinski definition) is 3. The van der Waals surface area contributed by atoms with Gasteiger partial charge in [-0.25, -0.2) is 4.68 Å². The average Bonchev–Trinajstić information content (AvgIpc) is 2.97. The Kier molecular flexibility index (Phi) is 4.17. The second-order valence-corrected chi connectivity index (χ2v) is 5.31. The molecule has 0 spiro atoms. The lowest BCUT2D eigenvalue weighted by Gasteiger charge is -2.07. The lowest BCUT2D eigenvalue weighted by molar-refractivity contribution is 0.752. The molecular weight excluding hydrogens is 296 g/mol. The third kappa shape index (κ3) is 3.00. The van der Waals surface area contributed by atoms with E-state index in [4.69, 9.17) is 11.6 Å². The van der Waals surface area contributed by atoms with E-state index >= 15 is 0 Å². The Balaban J connectivity index is 1.93. The fourth-order valence-corrected chi connectivity index (χ4v) is 2.52. The molecule has 3 rings (SSSR count). The van der Waals surface area contributed by atoms with Gasteiger partial charge in [0.2, 0.25) is 0 Å². The van der Waals surface area contributed by atoms with Gasteiger partial charge in [-0.1, -0.05) is 53.2 Å². The molecule has 0 aliphatic heterocycles. The summed E-state index contributed by atoms with van der Waals surface area (Å²) in [6.07, 6.45) is 1.51. The first-order valence-electron chi connectivity index (χ1n) is 6.92. The van der Waals surface area contributed by atoms with Crippen LogP contribution in [0.4, 0.5) is 0 Å². The minimum Gasteiger partial charge on any atom is -0.216 e. The number of aromatic nitrogens is 3. The zero-order chi connectivity index (χ0) is 15.4. The Morgan fingerprint density at radius 1 is 1.05 bits per heavy atom. The molecule has 0 aliphatic rings. The minimum atomic E-state index is 0.357. The van der Waals surface area contributed by atoms with E-state index < -0.39 is 0 Å². The molecule has 0 atom stereocenters. The summed E-state index contributed by atoms with van der Waals surface area (Å²) in [5.41, 5.74) is 3.18. The molecule has 0 fully saturated rings. The molecule has 1 aromatic heterocycles. The van der Waals surface area contributed by atoms with E-state index in [0.29, 0.717) is 17.1 Å². The number of hydrogen-bond donors (Lipinski definition) is 0. The second kappa shape index (κ2) is 6.42. The summed E-state index contributed by atoms with van der Waals surface area (Å²) in [7, 11) is 0. The summed E-state index contributed by atoms with van der Waals surface area (Å²) in [4.78, 5) is 0. The van der Waals surface area contributed by atoms with E-state index in [0.717, 1.165) is 17.8 Å². The van der Waals surface area contributed by atoms with Gasteiger partial charge in [-0.15, -0.1) is 5.10 Å². The van der Waals surface area contributed by atoms with Crippen molar-refractivity contribution in [2.75, 3.05) is 0 Å². The molecule has 0 bridgehead atoms. The molecular formula is C17H13ClN4. The number of benzene rings is 2. The van der Waals surface area contributed by atoms with E-state index in [2.05, 4.69) is 28.5 Å². The molecule has 3 aromatic rings. The maximum atomic E-state index is 9.24. The van der Waals surface area contributed by atoms with Gasteiger partial charge < -0.3 is 0 Å². The molecule has 108 valence electrons. The van der Waals surface area contributed by atoms with Gasteiger partial charge in [-0.2, -0.15) is 5.26 Å². The fourth-order valence-electron chi connectivity index (χ4n) is 2.34. The average molecular weight is 309 g/mol. The van der Waals surface area contributed by atoms with Crippen LogP contribution in [0, 0.1) is 11.3 Å². The van der Waals surface area contributed by atoms with Crippen LogP contribution in [0.1, 0.15) is 17.0 Å². The topological polar surface area (TPSA) is 54.5 Å². The molecule has 2 aromatic carbocycles. The van der Waals surface area contributed by atoms with Gasteiger partial charge in [-0.05, 0) is 36.6 Å². The normalized spacial score (nSPS) is 10.4. The van der Waals surface area contributed by atoms with Crippen molar-refractivity contribution in [1.29, 1.82) is 5.26 Å². The van der Waals surface area contributed by atoms with Gasteiger partial charge in [-0.3, -0.25) is 0 Å². The maximum absolute atomic E-state index is 9.24. The van der Waals surface area contributed by atoms with Gasteiger partial charge in [0, 0.05) is 5.02 Å². The monoisotopic (exact) mass is 308 g/mol. The van der Waals surface area contributed by atoms with E-state index in [9.17, 15) is 5.26 Å². The molecule has 0 radical (unpaired) electrons. The summed E-state index contributed by atoms with van der Waals surface area (Å²) in [6, 6.07) is 19.6. The zero-order valence-corrected chi connectivity index (χ0v) is 12.5. The summed E-state index contributed by atoms with van der Waals surface area (Å²) >= 11 is 6.03. The molecule has 1 heterocycles. The predicted molar refractivity (Wildman–Crippen MR) is 84.9 cm³/mol. The fraction of sp³-hybridized carbons (Fsp3) is 0.118. The van der Waals surface area contributed by atoms with Crippen LogP contribution in [0.25, 0.3) is 5.69 Å². The highest BCUT2D eigenvalue weighted by Crippen LogP contribution is 2.18. The smallest absolute Gasteiger partial charge is 0.186 e. The van der Waals surface area contributed by atoms with Crippen molar-refractivity contribution in [3.63, 3.8) is 0 Å². The zero-order valence-electron chi connectivity index (χ0n) is 11.8.